The molecule has 1 atom stereocenters. The highest BCUT2D eigenvalue weighted by molar-refractivity contribution is 6.00. The molecule has 0 unspecified atom stereocenters. The number of carbonyl (C=O) groups excluding carboxylic acids is 2. The average Bonchev–Trinajstić information content (AvgIpc) is 2.44. The lowest BCUT2D eigenvalue weighted by molar-refractivity contribution is -0.384. The number of hydrogen-bond acceptors (Lipinski definition) is 5. The van der Waals surface area contributed by atoms with E-state index in [-0.39, 0.29) is 35.2 Å². The number of esters is 1. The van der Waals surface area contributed by atoms with Gasteiger partial charge in [-0.25, -0.2) is 0 Å². The van der Waals surface area contributed by atoms with Crippen LogP contribution < -0.4 is 0 Å². The second-order valence-corrected chi connectivity index (χ2v) is 6.86. The first-order valence-electron chi connectivity index (χ1n) is 7.48. The molecule has 0 bridgehead atoms. The van der Waals surface area contributed by atoms with E-state index in [1.54, 1.807) is 12.1 Å². The van der Waals surface area contributed by atoms with Crippen LogP contribution in [-0.2, 0) is 14.3 Å². The van der Waals surface area contributed by atoms with Crippen LogP contribution in [0.5, 0.6) is 0 Å². The monoisotopic (exact) mass is 315 g/mol. The third-order valence-corrected chi connectivity index (χ3v) is 4.34. The molecule has 0 radical (unpaired) electrons. The molecule has 1 aromatic carbocycles. The maximum absolute atomic E-state index is 12.6. The molecule has 0 saturated carbocycles. The summed E-state index contributed by atoms with van der Waals surface area (Å²) in [6, 6.07) is 6.01. The van der Waals surface area contributed by atoms with Crippen molar-refractivity contribution in [3.05, 3.63) is 51.3 Å². The summed E-state index contributed by atoms with van der Waals surface area (Å²) < 4.78 is 5.32. The Labute approximate surface area is 133 Å². The van der Waals surface area contributed by atoms with Gasteiger partial charge in [-0.2, -0.15) is 0 Å². The lowest BCUT2D eigenvalue weighted by Gasteiger charge is -2.36. The molecule has 6 nitrogen and oxygen atoms in total. The number of benzene rings is 1. The van der Waals surface area contributed by atoms with E-state index < -0.39 is 4.92 Å². The highest BCUT2D eigenvalue weighted by atomic mass is 16.6. The van der Waals surface area contributed by atoms with E-state index >= 15 is 0 Å². The summed E-state index contributed by atoms with van der Waals surface area (Å²) in [6.07, 6.45) is 1.04. The molecule has 0 aromatic heterocycles. The van der Waals surface area contributed by atoms with Gasteiger partial charge >= 0.3 is 5.97 Å². The van der Waals surface area contributed by atoms with E-state index in [0.29, 0.717) is 24.2 Å². The van der Waals surface area contributed by atoms with Crippen molar-refractivity contribution in [3.8, 4) is 0 Å². The van der Waals surface area contributed by atoms with Crippen LogP contribution in [0.25, 0.3) is 0 Å². The summed E-state index contributed by atoms with van der Waals surface area (Å²) >= 11 is 0. The van der Waals surface area contributed by atoms with Crippen LogP contribution in [0, 0.1) is 15.5 Å². The lowest BCUT2D eigenvalue weighted by atomic mass is 9.71. The van der Waals surface area contributed by atoms with Crippen molar-refractivity contribution in [1.82, 2.24) is 0 Å². The molecular formula is C17H17NO5. The first-order valence-corrected chi connectivity index (χ1v) is 7.48. The Morgan fingerprint density at radius 3 is 2.43 bits per heavy atom. The van der Waals surface area contributed by atoms with Gasteiger partial charge in [0, 0.05) is 36.5 Å². The van der Waals surface area contributed by atoms with Crippen molar-refractivity contribution in [2.24, 2.45) is 5.41 Å². The van der Waals surface area contributed by atoms with Crippen LogP contribution >= 0.6 is 0 Å². The summed E-state index contributed by atoms with van der Waals surface area (Å²) in [7, 11) is 0. The number of non-ortho nitro benzene ring substituents is 1. The minimum atomic E-state index is -0.474. The Morgan fingerprint density at radius 1 is 1.17 bits per heavy atom. The average molecular weight is 315 g/mol. The molecule has 3 rings (SSSR count). The first-order chi connectivity index (χ1) is 10.8. The molecule has 2 aliphatic rings. The molecule has 6 heteroatoms. The molecule has 0 fully saturated rings. The molecule has 23 heavy (non-hydrogen) atoms. The van der Waals surface area contributed by atoms with Gasteiger partial charge in [-0.1, -0.05) is 26.0 Å². The Hall–Kier alpha value is -2.50. The minimum Gasteiger partial charge on any atom is -0.431 e. The number of carbonyl (C=O) groups is 2. The van der Waals surface area contributed by atoms with Crippen molar-refractivity contribution < 1.29 is 19.2 Å². The number of allylic oxidation sites excluding steroid dienone is 2. The SMILES string of the molecule is CC1(C)CC(=O)C2=C(C1)OC(=O)C[C@H]2c1ccc([N+](=O)[O-])cc1. The molecule has 0 amide bonds. The standard InChI is InChI=1S/C17H17NO5/c1-17(2)8-13(19)16-12(7-15(20)23-14(16)9-17)10-3-5-11(6-4-10)18(21)22/h3-6,12H,7-9H2,1-2H3/t12-/m0/s1. The van der Waals surface area contributed by atoms with Gasteiger partial charge in [0.25, 0.3) is 5.69 Å². The van der Waals surface area contributed by atoms with Gasteiger partial charge in [-0.3, -0.25) is 19.7 Å². The van der Waals surface area contributed by atoms with Gasteiger partial charge in [-0.15, -0.1) is 0 Å². The van der Waals surface area contributed by atoms with Gasteiger partial charge in [0.1, 0.15) is 5.76 Å². The van der Waals surface area contributed by atoms with Gasteiger partial charge in [0.15, 0.2) is 5.78 Å². The number of nitro benzene ring substituents is 1. The maximum atomic E-state index is 12.6. The number of ketones is 1. The molecule has 0 N–H and O–H groups in total. The molecule has 0 spiro atoms. The van der Waals surface area contributed by atoms with Crippen LogP contribution in [0.1, 0.15) is 44.6 Å². The fraction of sp³-hybridized carbons (Fsp3) is 0.412. The number of hydrogen-bond donors (Lipinski definition) is 0. The molecule has 120 valence electrons. The van der Waals surface area contributed by atoms with Crippen molar-refractivity contribution in [1.29, 1.82) is 0 Å². The van der Waals surface area contributed by atoms with E-state index in [9.17, 15) is 19.7 Å². The van der Waals surface area contributed by atoms with Crippen LogP contribution in [0.4, 0.5) is 5.69 Å². The topological polar surface area (TPSA) is 86.5 Å². The third kappa shape index (κ3) is 2.88. The van der Waals surface area contributed by atoms with Crippen LogP contribution in [0.2, 0.25) is 0 Å². The van der Waals surface area contributed by atoms with E-state index in [4.69, 9.17) is 4.74 Å². The minimum absolute atomic E-state index is 0.00731. The zero-order valence-corrected chi connectivity index (χ0v) is 13.0. The number of nitro groups is 1. The fourth-order valence-electron chi connectivity index (χ4n) is 3.32. The van der Waals surface area contributed by atoms with Crippen LogP contribution in [-0.4, -0.2) is 16.7 Å². The molecule has 1 aliphatic heterocycles. The Balaban J connectivity index is 2.02. The van der Waals surface area contributed by atoms with Gasteiger partial charge in [-0.05, 0) is 11.0 Å². The number of ether oxygens (including phenoxy) is 1. The van der Waals surface area contributed by atoms with Crippen molar-refractivity contribution >= 4 is 17.4 Å². The Bertz CT molecular complexity index is 730. The summed E-state index contributed by atoms with van der Waals surface area (Å²) in [4.78, 5) is 34.8. The van der Waals surface area contributed by atoms with Crippen LogP contribution in [0.3, 0.4) is 0 Å². The molecule has 0 saturated heterocycles. The van der Waals surface area contributed by atoms with E-state index in [0.717, 1.165) is 5.56 Å². The zero-order valence-electron chi connectivity index (χ0n) is 13.0. The van der Waals surface area contributed by atoms with E-state index in [1.807, 2.05) is 13.8 Å². The number of rotatable bonds is 2. The van der Waals surface area contributed by atoms with Crippen LogP contribution in [0.15, 0.2) is 35.6 Å². The van der Waals surface area contributed by atoms with E-state index in [1.165, 1.54) is 12.1 Å². The Kier molecular flexibility index (Phi) is 3.55. The normalized spacial score (nSPS) is 23.3. The summed E-state index contributed by atoms with van der Waals surface area (Å²) in [5.74, 6) is -0.286. The predicted molar refractivity (Wildman–Crippen MR) is 81.6 cm³/mol. The maximum Gasteiger partial charge on any atom is 0.311 e. The van der Waals surface area contributed by atoms with E-state index in [2.05, 4.69) is 0 Å². The van der Waals surface area contributed by atoms with Gasteiger partial charge in [0.2, 0.25) is 0 Å². The smallest absolute Gasteiger partial charge is 0.311 e. The van der Waals surface area contributed by atoms with Crippen molar-refractivity contribution in [2.45, 2.75) is 39.0 Å². The number of nitrogens with zero attached hydrogens (tertiary/aromatic N) is 1. The summed E-state index contributed by atoms with van der Waals surface area (Å²) in [5, 5.41) is 10.8. The molecule has 1 aromatic rings. The zero-order chi connectivity index (χ0) is 16.8. The second kappa shape index (κ2) is 5.30. The van der Waals surface area contributed by atoms with Gasteiger partial charge < -0.3 is 4.74 Å². The molecule has 1 heterocycles. The quantitative estimate of drug-likeness (QED) is 0.475. The summed E-state index contributed by atoms with van der Waals surface area (Å²) in [5.41, 5.74) is 1.04. The summed E-state index contributed by atoms with van der Waals surface area (Å²) in [6.45, 7) is 3.94. The third-order valence-electron chi connectivity index (χ3n) is 4.34. The number of Topliss-reactive ketones (excluding diaryl/α,β-unsaturated/α-hetero) is 1. The second-order valence-electron chi connectivity index (χ2n) is 6.86. The molecule has 1 aliphatic carbocycles. The first kappa shape index (κ1) is 15.4. The highest BCUT2D eigenvalue weighted by Crippen LogP contribution is 2.45. The van der Waals surface area contributed by atoms with Gasteiger partial charge in [0.05, 0.1) is 11.3 Å². The predicted octanol–water partition coefficient (Wildman–Crippen LogP) is 3.27. The largest absolute Gasteiger partial charge is 0.431 e. The highest BCUT2D eigenvalue weighted by Gasteiger charge is 2.42. The lowest BCUT2D eigenvalue weighted by Crippen LogP contribution is -2.33. The molecular weight excluding hydrogens is 298 g/mol. The Morgan fingerprint density at radius 2 is 1.83 bits per heavy atom. The van der Waals surface area contributed by atoms with Crippen molar-refractivity contribution in [3.63, 3.8) is 0 Å². The fourth-order valence-corrected chi connectivity index (χ4v) is 3.32. The van der Waals surface area contributed by atoms with Crippen molar-refractivity contribution in [2.75, 3.05) is 0 Å².